The van der Waals surface area contributed by atoms with E-state index >= 15 is 0 Å². The Morgan fingerprint density at radius 3 is 2.25 bits per heavy atom. The monoisotopic (exact) mass is 398 g/mol. The lowest BCUT2D eigenvalue weighted by Gasteiger charge is -2.16. The smallest absolute Gasteiger partial charge is 0.262 e. The second kappa shape index (κ2) is 7.90. The highest BCUT2D eigenvalue weighted by Crippen LogP contribution is 2.32. The van der Waals surface area contributed by atoms with Crippen molar-refractivity contribution in [2.45, 2.75) is 18.7 Å². The van der Waals surface area contributed by atoms with Gasteiger partial charge in [-0.15, -0.1) is 0 Å². The molecule has 0 saturated heterocycles. The third-order valence-electron chi connectivity index (χ3n) is 4.41. The summed E-state index contributed by atoms with van der Waals surface area (Å²) in [7, 11) is -2.15. The summed E-state index contributed by atoms with van der Waals surface area (Å²) in [6.07, 6.45) is 0. The van der Waals surface area contributed by atoms with Gasteiger partial charge in [0, 0.05) is 36.1 Å². The summed E-state index contributed by atoms with van der Waals surface area (Å²) in [6.45, 7) is 3.84. The Morgan fingerprint density at radius 2 is 1.64 bits per heavy atom. The van der Waals surface area contributed by atoms with E-state index in [1.807, 2.05) is 19.1 Å². The number of amides is 1. The Labute approximate surface area is 164 Å². The highest BCUT2D eigenvalue weighted by atomic mass is 32.2. The molecule has 7 heteroatoms. The number of nitrogens with zero attached hydrogens (tertiary/aromatic N) is 1. The van der Waals surface area contributed by atoms with Crippen LogP contribution in [0.5, 0.6) is 5.75 Å². The van der Waals surface area contributed by atoms with Crippen LogP contribution < -0.4 is 14.4 Å². The minimum absolute atomic E-state index is 0.103. The van der Waals surface area contributed by atoms with Crippen LogP contribution in [0.3, 0.4) is 0 Å². The molecule has 0 fully saturated rings. The maximum absolute atomic E-state index is 13.0. The third kappa shape index (κ3) is 3.94. The SMILES string of the molecule is CCOc1ccc(S(=O)(=O)Nc2ccc(N(C)C(C)=O)cc2)c2ccccc12. The van der Waals surface area contributed by atoms with E-state index in [0.717, 1.165) is 5.39 Å². The minimum Gasteiger partial charge on any atom is -0.493 e. The highest BCUT2D eigenvalue weighted by Gasteiger charge is 2.19. The van der Waals surface area contributed by atoms with Gasteiger partial charge in [0.15, 0.2) is 0 Å². The van der Waals surface area contributed by atoms with Crippen LogP contribution in [0.2, 0.25) is 0 Å². The lowest BCUT2D eigenvalue weighted by atomic mass is 10.1. The number of hydrogen-bond acceptors (Lipinski definition) is 4. The molecule has 0 radical (unpaired) electrons. The fourth-order valence-corrected chi connectivity index (χ4v) is 4.18. The number of hydrogen-bond donors (Lipinski definition) is 1. The van der Waals surface area contributed by atoms with E-state index in [1.54, 1.807) is 55.6 Å². The molecule has 0 heterocycles. The van der Waals surface area contributed by atoms with Gasteiger partial charge in [-0.1, -0.05) is 24.3 Å². The van der Waals surface area contributed by atoms with Crippen LogP contribution in [-0.2, 0) is 14.8 Å². The number of carbonyl (C=O) groups is 1. The van der Waals surface area contributed by atoms with Crippen LogP contribution in [0.4, 0.5) is 11.4 Å². The van der Waals surface area contributed by atoms with Gasteiger partial charge in [0.25, 0.3) is 10.0 Å². The minimum atomic E-state index is -3.81. The maximum Gasteiger partial charge on any atom is 0.262 e. The van der Waals surface area contributed by atoms with Gasteiger partial charge in [-0.25, -0.2) is 8.42 Å². The first-order valence-corrected chi connectivity index (χ1v) is 10.3. The lowest BCUT2D eigenvalue weighted by molar-refractivity contribution is -0.116. The third-order valence-corrected chi connectivity index (χ3v) is 5.85. The molecule has 3 rings (SSSR count). The van der Waals surface area contributed by atoms with E-state index in [-0.39, 0.29) is 10.8 Å². The first kappa shape index (κ1) is 19.7. The second-order valence-electron chi connectivity index (χ2n) is 6.27. The van der Waals surface area contributed by atoms with Crippen LogP contribution in [0, 0.1) is 0 Å². The summed E-state index contributed by atoms with van der Waals surface area (Å²) in [6, 6.07) is 17.1. The van der Waals surface area contributed by atoms with E-state index in [4.69, 9.17) is 4.74 Å². The Bertz CT molecular complexity index is 1110. The normalized spacial score (nSPS) is 11.2. The number of fused-ring (bicyclic) bond motifs is 1. The molecule has 0 unspecified atom stereocenters. The summed E-state index contributed by atoms with van der Waals surface area (Å²) < 4.78 is 34.2. The number of ether oxygens (including phenoxy) is 1. The fraction of sp³-hybridized carbons (Fsp3) is 0.190. The van der Waals surface area contributed by atoms with Crippen molar-refractivity contribution in [2.24, 2.45) is 0 Å². The zero-order chi connectivity index (χ0) is 20.3. The van der Waals surface area contributed by atoms with Crippen LogP contribution in [0.25, 0.3) is 10.8 Å². The van der Waals surface area contributed by atoms with Gasteiger partial charge in [-0.05, 0) is 43.3 Å². The molecule has 0 saturated carbocycles. The van der Waals surface area contributed by atoms with Crippen molar-refractivity contribution < 1.29 is 17.9 Å². The molecule has 28 heavy (non-hydrogen) atoms. The van der Waals surface area contributed by atoms with Crippen molar-refractivity contribution in [3.63, 3.8) is 0 Å². The number of carbonyl (C=O) groups excluding carboxylic acids is 1. The van der Waals surface area contributed by atoms with E-state index in [9.17, 15) is 13.2 Å². The number of anilines is 2. The topological polar surface area (TPSA) is 75.7 Å². The quantitative estimate of drug-likeness (QED) is 0.680. The molecule has 0 atom stereocenters. The Kier molecular flexibility index (Phi) is 5.56. The molecular formula is C21H22N2O4S. The first-order valence-electron chi connectivity index (χ1n) is 8.85. The largest absolute Gasteiger partial charge is 0.493 e. The van der Waals surface area contributed by atoms with Crippen molar-refractivity contribution in [1.29, 1.82) is 0 Å². The number of benzene rings is 3. The Hall–Kier alpha value is -3.06. The van der Waals surface area contributed by atoms with E-state index in [1.165, 1.54) is 11.8 Å². The van der Waals surface area contributed by atoms with Gasteiger partial charge in [0.05, 0.1) is 11.5 Å². The van der Waals surface area contributed by atoms with Gasteiger partial charge in [0.1, 0.15) is 5.75 Å². The van der Waals surface area contributed by atoms with Gasteiger partial charge < -0.3 is 9.64 Å². The molecular weight excluding hydrogens is 376 g/mol. The summed E-state index contributed by atoms with van der Waals surface area (Å²) in [4.78, 5) is 13.1. The van der Waals surface area contributed by atoms with Crippen molar-refractivity contribution in [3.8, 4) is 5.75 Å². The average molecular weight is 398 g/mol. The molecule has 6 nitrogen and oxygen atoms in total. The molecule has 3 aromatic rings. The summed E-state index contributed by atoms with van der Waals surface area (Å²) >= 11 is 0. The molecule has 0 bridgehead atoms. The van der Waals surface area contributed by atoms with E-state index in [0.29, 0.717) is 29.1 Å². The van der Waals surface area contributed by atoms with Crippen LogP contribution in [-0.4, -0.2) is 28.0 Å². The van der Waals surface area contributed by atoms with Crippen molar-refractivity contribution >= 4 is 38.1 Å². The number of nitrogens with one attached hydrogen (secondary N) is 1. The van der Waals surface area contributed by atoms with Crippen LogP contribution in [0.15, 0.2) is 65.6 Å². The molecule has 0 spiro atoms. The predicted molar refractivity (Wildman–Crippen MR) is 111 cm³/mol. The number of sulfonamides is 1. The van der Waals surface area contributed by atoms with Gasteiger partial charge in [0.2, 0.25) is 5.91 Å². The van der Waals surface area contributed by atoms with E-state index < -0.39 is 10.0 Å². The Morgan fingerprint density at radius 1 is 1.00 bits per heavy atom. The molecule has 1 amide bonds. The Balaban J connectivity index is 1.96. The second-order valence-corrected chi connectivity index (χ2v) is 7.92. The average Bonchev–Trinajstić information content (AvgIpc) is 2.68. The van der Waals surface area contributed by atoms with Crippen LogP contribution in [0.1, 0.15) is 13.8 Å². The maximum atomic E-state index is 13.0. The summed E-state index contributed by atoms with van der Waals surface area (Å²) in [5.41, 5.74) is 1.10. The highest BCUT2D eigenvalue weighted by molar-refractivity contribution is 7.93. The van der Waals surface area contributed by atoms with Crippen LogP contribution >= 0.6 is 0 Å². The lowest BCUT2D eigenvalue weighted by Crippen LogP contribution is -2.22. The summed E-state index contributed by atoms with van der Waals surface area (Å²) in [5.74, 6) is 0.544. The van der Waals surface area contributed by atoms with Crippen molar-refractivity contribution in [2.75, 3.05) is 23.3 Å². The standard InChI is InChI=1S/C21H22N2O4S/c1-4-27-20-13-14-21(19-8-6-5-7-18(19)20)28(25,26)22-16-9-11-17(12-10-16)23(3)15(2)24/h5-14,22H,4H2,1-3H3. The first-order chi connectivity index (χ1) is 13.3. The van der Waals surface area contributed by atoms with E-state index in [2.05, 4.69) is 4.72 Å². The molecule has 1 N–H and O–H groups in total. The molecule has 146 valence electrons. The molecule has 0 aliphatic carbocycles. The van der Waals surface area contributed by atoms with Gasteiger partial charge in [-0.3, -0.25) is 9.52 Å². The zero-order valence-corrected chi connectivity index (χ0v) is 16.8. The van der Waals surface area contributed by atoms with Crippen molar-refractivity contribution in [1.82, 2.24) is 0 Å². The summed E-state index contributed by atoms with van der Waals surface area (Å²) in [5, 5.41) is 1.33. The predicted octanol–water partition coefficient (Wildman–Crippen LogP) is 4.02. The van der Waals surface area contributed by atoms with Gasteiger partial charge >= 0.3 is 0 Å². The fourth-order valence-electron chi connectivity index (χ4n) is 2.90. The molecule has 0 aromatic heterocycles. The van der Waals surface area contributed by atoms with Crippen molar-refractivity contribution in [3.05, 3.63) is 60.7 Å². The molecule has 0 aliphatic rings. The number of rotatable bonds is 6. The van der Waals surface area contributed by atoms with Gasteiger partial charge in [-0.2, -0.15) is 0 Å². The molecule has 3 aromatic carbocycles. The zero-order valence-electron chi connectivity index (χ0n) is 16.0. The molecule has 0 aliphatic heterocycles.